The highest BCUT2D eigenvalue weighted by Gasteiger charge is 2.22. The molecular weight excluding hydrogens is 252 g/mol. The van der Waals surface area contributed by atoms with Crippen molar-refractivity contribution in [3.63, 3.8) is 0 Å². The maximum atomic E-state index is 12.1. The predicted octanol–water partition coefficient (Wildman–Crippen LogP) is 2.51. The molecule has 1 aromatic rings. The highest BCUT2D eigenvalue weighted by molar-refractivity contribution is 6.35. The van der Waals surface area contributed by atoms with Crippen molar-refractivity contribution >= 4 is 11.8 Å². The van der Waals surface area contributed by atoms with Crippen LogP contribution in [0.4, 0.5) is 0 Å². The smallest absolute Gasteiger partial charge is 0.311 e. The van der Waals surface area contributed by atoms with E-state index in [0.29, 0.717) is 13.1 Å². The molecule has 4 nitrogen and oxygen atoms in total. The van der Waals surface area contributed by atoms with Gasteiger partial charge in [-0.15, -0.1) is 0 Å². The minimum atomic E-state index is -0.525. The van der Waals surface area contributed by atoms with E-state index in [4.69, 9.17) is 0 Å². The summed E-state index contributed by atoms with van der Waals surface area (Å²) in [5, 5.41) is 2.76. The van der Waals surface area contributed by atoms with E-state index in [0.717, 1.165) is 18.4 Å². The number of carbonyl (C=O) groups is 2. The molecule has 0 radical (unpaired) electrons. The highest BCUT2D eigenvalue weighted by Crippen LogP contribution is 2.11. The average Bonchev–Trinajstić information content (AvgIpc) is 2.47. The van der Waals surface area contributed by atoms with Crippen molar-refractivity contribution in [2.75, 3.05) is 13.1 Å². The summed E-state index contributed by atoms with van der Waals surface area (Å²) in [6, 6.07) is 9.46. The van der Waals surface area contributed by atoms with Crippen molar-refractivity contribution in [2.24, 2.45) is 0 Å². The zero-order valence-corrected chi connectivity index (χ0v) is 12.6. The molecular formula is C16H24N2O2. The molecule has 0 saturated heterocycles. The number of hydrogen-bond acceptors (Lipinski definition) is 2. The summed E-state index contributed by atoms with van der Waals surface area (Å²) in [6.45, 7) is 7.13. The van der Waals surface area contributed by atoms with Gasteiger partial charge in [0.1, 0.15) is 0 Å². The van der Waals surface area contributed by atoms with Crippen molar-refractivity contribution in [1.29, 1.82) is 0 Å². The van der Waals surface area contributed by atoms with Crippen LogP contribution < -0.4 is 5.32 Å². The van der Waals surface area contributed by atoms with Crippen LogP contribution in [0.15, 0.2) is 30.3 Å². The molecule has 0 aromatic heterocycles. The van der Waals surface area contributed by atoms with Gasteiger partial charge in [-0.05, 0) is 25.3 Å². The van der Waals surface area contributed by atoms with Crippen molar-refractivity contribution < 1.29 is 9.59 Å². The second kappa shape index (κ2) is 8.35. The van der Waals surface area contributed by atoms with Gasteiger partial charge in [0.25, 0.3) is 0 Å². The Labute approximate surface area is 121 Å². The Bertz CT molecular complexity index is 425. The van der Waals surface area contributed by atoms with Crippen LogP contribution in [0.2, 0.25) is 0 Å². The molecule has 0 heterocycles. The highest BCUT2D eigenvalue weighted by atomic mass is 16.2. The minimum Gasteiger partial charge on any atom is -0.341 e. The number of nitrogens with zero attached hydrogens (tertiary/aromatic N) is 1. The quantitative estimate of drug-likeness (QED) is 0.812. The number of nitrogens with one attached hydrogen (secondary N) is 1. The fourth-order valence-corrected chi connectivity index (χ4v) is 2.08. The summed E-state index contributed by atoms with van der Waals surface area (Å²) in [7, 11) is 0. The lowest BCUT2D eigenvalue weighted by atomic mass is 10.1. The monoisotopic (exact) mass is 276 g/mol. The van der Waals surface area contributed by atoms with Gasteiger partial charge in [-0.25, -0.2) is 0 Å². The summed E-state index contributed by atoms with van der Waals surface area (Å²) >= 11 is 0. The van der Waals surface area contributed by atoms with Gasteiger partial charge in [0, 0.05) is 13.1 Å². The summed E-state index contributed by atoms with van der Waals surface area (Å²) < 4.78 is 0. The van der Waals surface area contributed by atoms with Gasteiger partial charge >= 0.3 is 11.8 Å². The van der Waals surface area contributed by atoms with Crippen LogP contribution in [0.3, 0.4) is 0 Å². The van der Waals surface area contributed by atoms with Crippen molar-refractivity contribution in [3.8, 4) is 0 Å². The van der Waals surface area contributed by atoms with Crippen LogP contribution in [-0.2, 0) is 9.59 Å². The lowest BCUT2D eigenvalue weighted by Gasteiger charge is -2.22. The zero-order chi connectivity index (χ0) is 15.0. The number of benzene rings is 1. The lowest BCUT2D eigenvalue weighted by Crippen LogP contribution is -2.44. The molecule has 0 aliphatic heterocycles. The first-order valence-electron chi connectivity index (χ1n) is 7.24. The van der Waals surface area contributed by atoms with Gasteiger partial charge in [0.05, 0.1) is 6.04 Å². The molecule has 0 aliphatic rings. The minimum absolute atomic E-state index is 0.169. The second-order valence-electron chi connectivity index (χ2n) is 4.90. The molecule has 0 spiro atoms. The maximum Gasteiger partial charge on any atom is 0.311 e. The van der Waals surface area contributed by atoms with Crippen LogP contribution >= 0.6 is 0 Å². The third-order valence-corrected chi connectivity index (χ3v) is 3.12. The Kier molecular flexibility index (Phi) is 6.77. The summed E-state index contributed by atoms with van der Waals surface area (Å²) in [5.41, 5.74) is 0.992. The van der Waals surface area contributed by atoms with Gasteiger partial charge in [0.2, 0.25) is 0 Å². The van der Waals surface area contributed by atoms with E-state index in [9.17, 15) is 9.59 Å². The van der Waals surface area contributed by atoms with Crippen molar-refractivity contribution in [2.45, 2.75) is 39.7 Å². The van der Waals surface area contributed by atoms with Gasteiger partial charge < -0.3 is 10.2 Å². The van der Waals surface area contributed by atoms with E-state index in [-0.39, 0.29) is 6.04 Å². The number of carbonyl (C=O) groups excluding carboxylic acids is 2. The van der Waals surface area contributed by atoms with E-state index in [1.807, 2.05) is 51.1 Å². The molecule has 1 aromatic carbocycles. The van der Waals surface area contributed by atoms with Crippen LogP contribution in [0.5, 0.6) is 0 Å². The maximum absolute atomic E-state index is 12.1. The van der Waals surface area contributed by atoms with E-state index in [2.05, 4.69) is 5.32 Å². The molecule has 1 N–H and O–H groups in total. The first-order chi connectivity index (χ1) is 9.60. The summed E-state index contributed by atoms with van der Waals surface area (Å²) in [6.07, 6.45) is 1.71. The van der Waals surface area contributed by atoms with Crippen molar-refractivity contribution in [1.82, 2.24) is 10.2 Å². The molecule has 0 aliphatic carbocycles. The first kappa shape index (κ1) is 16.2. The number of amides is 2. The molecule has 1 rings (SSSR count). The summed E-state index contributed by atoms with van der Waals surface area (Å²) in [4.78, 5) is 25.7. The normalized spacial score (nSPS) is 11.8. The Morgan fingerprint density at radius 3 is 2.15 bits per heavy atom. The third-order valence-electron chi connectivity index (χ3n) is 3.12. The summed E-state index contributed by atoms with van der Waals surface area (Å²) in [5.74, 6) is -0.959. The molecule has 0 saturated carbocycles. The fourth-order valence-electron chi connectivity index (χ4n) is 2.08. The van der Waals surface area contributed by atoms with E-state index >= 15 is 0 Å². The molecule has 110 valence electrons. The molecule has 0 bridgehead atoms. The van der Waals surface area contributed by atoms with Crippen LogP contribution in [0.1, 0.15) is 45.2 Å². The van der Waals surface area contributed by atoms with E-state index in [1.165, 1.54) is 0 Å². The second-order valence-corrected chi connectivity index (χ2v) is 4.90. The number of hydrogen-bond donors (Lipinski definition) is 1. The van der Waals surface area contributed by atoms with Crippen LogP contribution in [-0.4, -0.2) is 29.8 Å². The topological polar surface area (TPSA) is 49.4 Å². The molecule has 1 unspecified atom stereocenters. The predicted molar refractivity (Wildman–Crippen MR) is 80.2 cm³/mol. The first-order valence-corrected chi connectivity index (χ1v) is 7.24. The van der Waals surface area contributed by atoms with Gasteiger partial charge in [-0.1, -0.05) is 44.2 Å². The molecule has 2 amide bonds. The lowest BCUT2D eigenvalue weighted by molar-refractivity contribution is -0.146. The molecule has 0 fully saturated rings. The van der Waals surface area contributed by atoms with Crippen LogP contribution in [0.25, 0.3) is 0 Å². The average molecular weight is 276 g/mol. The molecule has 20 heavy (non-hydrogen) atoms. The standard InChI is InChI=1S/C16H24N2O2/c1-4-11-18(12-5-2)16(20)15(19)17-13(3)14-9-7-6-8-10-14/h6-10,13H,4-5,11-12H2,1-3H3,(H,17,19). The largest absolute Gasteiger partial charge is 0.341 e. The molecule has 4 heteroatoms. The van der Waals surface area contributed by atoms with E-state index in [1.54, 1.807) is 4.90 Å². The third kappa shape index (κ3) is 4.68. The van der Waals surface area contributed by atoms with E-state index < -0.39 is 11.8 Å². The Hall–Kier alpha value is -1.84. The zero-order valence-electron chi connectivity index (χ0n) is 12.6. The SMILES string of the molecule is CCCN(CCC)C(=O)C(=O)NC(C)c1ccccc1. The Morgan fingerprint density at radius 2 is 1.65 bits per heavy atom. The Morgan fingerprint density at radius 1 is 1.10 bits per heavy atom. The van der Waals surface area contributed by atoms with Gasteiger partial charge in [0.15, 0.2) is 0 Å². The Balaban J connectivity index is 2.62. The van der Waals surface area contributed by atoms with Gasteiger partial charge in [-0.3, -0.25) is 9.59 Å². The van der Waals surface area contributed by atoms with Gasteiger partial charge in [-0.2, -0.15) is 0 Å². The molecule has 1 atom stereocenters. The van der Waals surface area contributed by atoms with Crippen LogP contribution in [0, 0.1) is 0 Å². The fraction of sp³-hybridized carbons (Fsp3) is 0.500. The van der Waals surface area contributed by atoms with Crippen molar-refractivity contribution in [3.05, 3.63) is 35.9 Å². The number of rotatable bonds is 6.